The lowest BCUT2D eigenvalue weighted by molar-refractivity contribution is 0.409. The smallest absolute Gasteiger partial charge is 0.124 e. The van der Waals surface area contributed by atoms with E-state index >= 15 is 0 Å². The highest BCUT2D eigenvalue weighted by Crippen LogP contribution is 2.31. The fourth-order valence-corrected chi connectivity index (χ4v) is 2.23. The lowest BCUT2D eigenvalue weighted by Gasteiger charge is -2.10. The van der Waals surface area contributed by atoms with Crippen LogP contribution in [0.15, 0.2) is 16.6 Å². The molecule has 1 aromatic rings. The van der Waals surface area contributed by atoms with Gasteiger partial charge in [0.2, 0.25) is 0 Å². The third-order valence-electron chi connectivity index (χ3n) is 1.96. The zero-order valence-electron chi connectivity index (χ0n) is 8.23. The van der Waals surface area contributed by atoms with Crippen molar-refractivity contribution < 1.29 is 4.74 Å². The Kier molecular flexibility index (Phi) is 4.72. The van der Waals surface area contributed by atoms with Crippen LogP contribution in [0.25, 0.3) is 0 Å². The molecule has 0 aliphatic carbocycles. The van der Waals surface area contributed by atoms with Crippen LogP contribution in [0, 0.1) is 0 Å². The van der Waals surface area contributed by atoms with Crippen LogP contribution in [0.2, 0.25) is 5.02 Å². The molecule has 1 N–H and O–H groups in total. The van der Waals surface area contributed by atoms with Crippen LogP contribution < -0.4 is 10.1 Å². The van der Waals surface area contributed by atoms with E-state index in [1.165, 1.54) is 0 Å². The van der Waals surface area contributed by atoms with E-state index in [-0.39, 0.29) is 0 Å². The number of rotatable bonds is 4. The number of likely N-dealkylation sites (N-methyl/N-ethyl adjacent to an activating group) is 1. The average molecular weight is 279 g/mol. The lowest BCUT2D eigenvalue weighted by atomic mass is 10.1. The van der Waals surface area contributed by atoms with Gasteiger partial charge in [-0.15, -0.1) is 0 Å². The van der Waals surface area contributed by atoms with E-state index < -0.39 is 0 Å². The Morgan fingerprint density at radius 2 is 2.21 bits per heavy atom. The third-order valence-corrected chi connectivity index (χ3v) is 2.89. The van der Waals surface area contributed by atoms with E-state index in [2.05, 4.69) is 21.2 Å². The van der Waals surface area contributed by atoms with Crippen LogP contribution in [0.1, 0.15) is 5.56 Å². The molecule has 78 valence electrons. The number of hydrogen-bond donors (Lipinski definition) is 1. The Hall–Kier alpha value is -0.250. The van der Waals surface area contributed by atoms with Gasteiger partial charge in [0.05, 0.1) is 7.11 Å². The van der Waals surface area contributed by atoms with Crippen molar-refractivity contribution >= 4 is 27.5 Å². The van der Waals surface area contributed by atoms with Crippen molar-refractivity contribution in [3.63, 3.8) is 0 Å². The molecule has 0 amide bonds. The number of benzene rings is 1. The molecule has 0 heterocycles. The molecule has 2 nitrogen and oxygen atoms in total. The maximum absolute atomic E-state index is 5.91. The van der Waals surface area contributed by atoms with Gasteiger partial charge in [0.15, 0.2) is 0 Å². The van der Waals surface area contributed by atoms with E-state index in [4.69, 9.17) is 16.3 Å². The number of methoxy groups -OCH3 is 1. The van der Waals surface area contributed by atoms with Gasteiger partial charge in [-0.25, -0.2) is 0 Å². The van der Waals surface area contributed by atoms with Crippen LogP contribution in [0.3, 0.4) is 0 Å². The molecule has 1 rings (SSSR count). The van der Waals surface area contributed by atoms with Crippen LogP contribution in [-0.2, 0) is 6.42 Å². The summed E-state index contributed by atoms with van der Waals surface area (Å²) in [4.78, 5) is 0. The maximum atomic E-state index is 5.91. The van der Waals surface area contributed by atoms with Crippen molar-refractivity contribution in [2.24, 2.45) is 0 Å². The van der Waals surface area contributed by atoms with Gasteiger partial charge >= 0.3 is 0 Å². The molecule has 4 heteroatoms. The van der Waals surface area contributed by atoms with Gasteiger partial charge in [0, 0.05) is 15.1 Å². The minimum atomic E-state index is 0.682. The zero-order valence-corrected chi connectivity index (χ0v) is 10.6. The van der Waals surface area contributed by atoms with Gasteiger partial charge in [-0.1, -0.05) is 27.5 Å². The second-order valence-corrected chi connectivity index (χ2v) is 4.21. The molecule has 0 aromatic heterocycles. The van der Waals surface area contributed by atoms with Gasteiger partial charge in [-0.3, -0.25) is 0 Å². The fraction of sp³-hybridized carbons (Fsp3) is 0.400. The number of nitrogens with one attached hydrogen (secondary N) is 1. The van der Waals surface area contributed by atoms with Gasteiger partial charge in [-0.05, 0) is 32.1 Å². The quantitative estimate of drug-likeness (QED) is 0.914. The van der Waals surface area contributed by atoms with Crippen LogP contribution in [-0.4, -0.2) is 20.7 Å². The first-order valence-electron chi connectivity index (χ1n) is 4.35. The molecule has 0 radical (unpaired) electrons. The van der Waals surface area contributed by atoms with Crippen LogP contribution in [0.4, 0.5) is 0 Å². The van der Waals surface area contributed by atoms with E-state index in [0.29, 0.717) is 5.02 Å². The van der Waals surface area contributed by atoms with Crippen LogP contribution >= 0.6 is 27.5 Å². The van der Waals surface area contributed by atoms with Gasteiger partial charge in [0.25, 0.3) is 0 Å². The van der Waals surface area contributed by atoms with E-state index in [1.54, 1.807) is 7.11 Å². The molecule has 0 aliphatic heterocycles. The normalized spacial score (nSPS) is 10.3. The van der Waals surface area contributed by atoms with E-state index in [1.807, 2.05) is 19.2 Å². The van der Waals surface area contributed by atoms with Crippen molar-refractivity contribution in [1.82, 2.24) is 5.32 Å². The van der Waals surface area contributed by atoms with E-state index in [9.17, 15) is 0 Å². The highest BCUT2D eigenvalue weighted by atomic mass is 79.9. The van der Waals surface area contributed by atoms with Crippen molar-refractivity contribution in [1.29, 1.82) is 0 Å². The standard InChI is InChI=1S/C10H13BrClNO/c1-13-4-3-8-9(11)5-7(12)6-10(8)14-2/h5-6,13H,3-4H2,1-2H3. The number of halogens is 2. The summed E-state index contributed by atoms with van der Waals surface area (Å²) in [7, 11) is 3.58. The van der Waals surface area contributed by atoms with Gasteiger partial charge in [0.1, 0.15) is 5.75 Å². The summed E-state index contributed by atoms with van der Waals surface area (Å²) >= 11 is 9.39. The minimum absolute atomic E-state index is 0.682. The van der Waals surface area contributed by atoms with Crippen molar-refractivity contribution in [3.8, 4) is 5.75 Å². The zero-order chi connectivity index (χ0) is 10.6. The summed E-state index contributed by atoms with van der Waals surface area (Å²) in [6.45, 7) is 0.913. The molecule has 0 spiro atoms. The molecule has 0 unspecified atom stereocenters. The molecule has 0 saturated carbocycles. The first kappa shape index (κ1) is 11.8. The Balaban J connectivity index is 2.99. The second kappa shape index (κ2) is 5.59. The summed E-state index contributed by atoms with van der Waals surface area (Å²) < 4.78 is 6.26. The fourth-order valence-electron chi connectivity index (χ4n) is 1.25. The molecule has 0 atom stereocenters. The summed E-state index contributed by atoms with van der Waals surface area (Å²) in [5.41, 5.74) is 1.14. The Bertz CT molecular complexity index is 317. The molecule has 0 saturated heterocycles. The van der Waals surface area contributed by atoms with E-state index in [0.717, 1.165) is 28.8 Å². The first-order chi connectivity index (χ1) is 6.69. The molecule has 0 fully saturated rings. The largest absolute Gasteiger partial charge is 0.496 e. The summed E-state index contributed by atoms with van der Waals surface area (Å²) in [6, 6.07) is 3.71. The highest BCUT2D eigenvalue weighted by Gasteiger charge is 2.08. The van der Waals surface area contributed by atoms with Crippen molar-refractivity contribution in [2.75, 3.05) is 20.7 Å². The average Bonchev–Trinajstić information content (AvgIpc) is 2.15. The second-order valence-electron chi connectivity index (χ2n) is 2.92. The Labute approximate surface area is 97.7 Å². The SMILES string of the molecule is CNCCc1c(Br)cc(Cl)cc1OC. The molecular formula is C10H13BrClNO. The third kappa shape index (κ3) is 2.87. The summed E-state index contributed by atoms with van der Waals surface area (Å²) in [5, 5.41) is 3.78. The highest BCUT2D eigenvalue weighted by molar-refractivity contribution is 9.10. The summed E-state index contributed by atoms with van der Waals surface area (Å²) in [5.74, 6) is 0.833. The maximum Gasteiger partial charge on any atom is 0.124 e. The van der Waals surface area contributed by atoms with Gasteiger partial charge < -0.3 is 10.1 Å². The minimum Gasteiger partial charge on any atom is -0.496 e. The predicted molar refractivity (Wildman–Crippen MR) is 63.3 cm³/mol. The molecule has 1 aromatic carbocycles. The number of ether oxygens (including phenoxy) is 1. The number of hydrogen-bond acceptors (Lipinski definition) is 2. The Morgan fingerprint density at radius 3 is 2.79 bits per heavy atom. The van der Waals surface area contributed by atoms with Crippen molar-refractivity contribution in [3.05, 3.63) is 27.2 Å². The van der Waals surface area contributed by atoms with Crippen LogP contribution in [0.5, 0.6) is 5.75 Å². The molecule has 0 aliphatic rings. The first-order valence-corrected chi connectivity index (χ1v) is 5.52. The topological polar surface area (TPSA) is 21.3 Å². The predicted octanol–water partition coefficient (Wildman–Crippen LogP) is 2.87. The summed E-state index contributed by atoms with van der Waals surface area (Å²) in [6.07, 6.45) is 0.914. The molecule has 14 heavy (non-hydrogen) atoms. The molecular weight excluding hydrogens is 265 g/mol. The monoisotopic (exact) mass is 277 g/mol. The van der Waals surface area contributed by atoms with Gasteiger partial charge in [-0.2, -0.15) is 0 Å². The molecule has 0 bridgehead atoms. The lowest BCUT2D eigenvalue weighted by Crippen LogP contribution is -2.11. The van der Waals surface area contributed by atoms with Crippen molar-refractivity contribution in [2.45, 2.75) is 6.42 Å². The Morgan fingerprint density at radius 1 is 1.50 bits per heavy atom.